The highest BCUT2D eigenvalue weighted by Gasteiger charge is 2.62. The molecule has 0 radical (unpaired) electrons. The van der Waals surface area contributed by atoms with E-state index < -0.39 is 42.8 Å². The number of pyridine rings is 1. The van der Waals surface area contributed by atoms with Crippen molar-refractivity contribution >= 4 is 14.0 Å². The smallest absolute Gasteiger partial charge is 0.419 e. The van der Waals surface area contributed by atoms with Gasteiger partial charge in [0.2, 0.25) is 0 Å². The van der Waals surface area contributed by atoms with Crippen molar-refractivity contribution in [3.8, 4) is 40.5 Å². The van der Waals surface area contributed by atoms with Crippen molar-refractivity contribution in [3.63, 3.8) is 0 Å². The zero-order chi connectivity index (χ0) is 25.9. The molecule has 9 heteroatoms. The summed E-state index contributed by atoms with van der Waals surface area (Å²) in [6.45, 7) is 4.54. The van der Waals surface area contributed by atoms with Crippen LogP contribution in [-0.4, -0.2) is 32.2 Å². The zero-order valence-electron chi connectivity index (χ0n) is 19.2. The van der Waals surface area contributed by atoms with Gasteiger partial charge in [-0.15, -0.1) is 6.42 Å². The second-order valence-electron chi connectivity index (χ2n) is 8.14. The van der Waals surface area contributed by atoms with Crippen LogP contribution in [0.5, 0.6) is 5.75 Å². The number of hydrogen-bond acceptors (Lipinski definition) is 5. The Morgan fingerprint density at radius 3 is 2.17 bits per heavy atom. The number of aliphatic hydroxyl groups is 1. The third-order valence-corrected chi connectivity index (χ3v) is 6.77. The van der Waals surface area contributed by atoms with E-state index in [2.05, 4.69) is 4.98 Å². The molecule has 0 bridgehead atoms. The number of carbonyl (C=O) groups is 1. The molecule has 1 aromatic heterocycles. The van der Waals surface area contributed by atoms with Crippen LogP contribution in [0.2, 0.25) is 0 Å². The number of terminal acetylenes is 1. The van der Waals surface area contributed by atoms with E-state index in [-0.39, 0.29) is 28.3 Å². The van der Waals surface area contributed by atoms with Crippen molar-refractivity contribution in [1.29, 1.82) is 0 Å². The average Bonchev–Trinajstić information content (AvgIpc) is 2.81. The molecule has 3 aromatic rings. The summed E-state index contributed by atoms with van der Waals surface area (Å²) in [6.07, 6.45) is 3.61. The zero-order valence-corrected chi connectivity index (χ0v) is 20.1. The molecule has 6 nitrogen and oxygen atoms in total. The number of ether oxygens (including phenoxy) is 1. The van der Waals surface area contributed by atoms with Crippen LogP contribution < -0.4 is 4.74 Å². The molecule has 2 N–H and O–H groups in total. The van der Waals surface area contributed by atoms with E-state index in [0.29, 0.717) is 5.56 Å². The molecule has 0 spiro atoms. The Labute approximate surface area is 202 Å². The first-order chi connectivity index (χ1) is 16.5. The predicted molar refractivity (Wildman–Crippen MR) is 128 cm³/mol. The van der Waals surface area contributed by atoms with Crippen molar-refractivity contribution in [1.82, 2.24) is 4.98 Å². The van der Waals surface area contributed by atoms with E-state index in [9.17, 15) is 23.7 Å². The van der Waals surface area contributed by atoms with E-state index in [4.69, 9.17) is 11.2 Å². The molecule has 1 heterocycles. The highest BCUT2D eigenvalue weighted by Crippen LogP contribution is 2.44. The van der Waals surface area contributed by atoms with Crippen LogP contribution in [-0.2, 0) is 9.36 Å². The third-order valence-electron chi connectivity index (χ3n) is 5.48. The minimum absolute atomic E-state index is 0.0274. The number of hydrogen-bond donors (Lipinski definition) is 2. The average molecular weight is 498 g/mol. The lowest BCUT2D eigenvalue weighted by atomic mass is 9.96. The summed E-state index contributed by atoms with van der Waals surface area (Å²) in [5.74, 6) is -1.71. The summed E-state index contributed by atoms with van der Waals surface area (Å²) in [6, 6.07) is 13.3. The Morgan fingerprint density at radius 2 is 1.69 bits per heavy atom. The lowest BCUT2D eigenvalue weighted by Gasteiger charge is -2.22. The molecule has 0 amide bonds. The first-order valence-corrected chi connectivity index (χ1v) is 11.8. The monoisotopic (exact) mass is 498 g/mol. The summed E-state index contributed by atoms with van der Waals surface area (Å²) in [5.41, 5.74) is 0.544. The van der Waals surface area contributed by atoms with Crippen LogP contribution >= 0.6 is 8.03 Å². The van der Waals surface area contributed by atoms with E-state index in [0.717, 1.165) is 19.1 Å². The summed E-state index contributed by atoms with van der Waals surface area (Å²) in [4.78, 5) is 27.4. The quantitative estimate of drug-likeness (QED) is 0.264. The van der Waals surface area contributed by atoms with Gasteiger partial charge in [0, 0.05) is 5.56 Å². The number of nitrogens with zero attached hydrogens (tertiary/aromatic N) is 1. The normalized spacial score (nSPS) is 14.1. The Kier molecular flexibility index (Phi) is 7.76. The minimum atomic E-state index is -3.44. The van der Waals surface area contributed by atoms with Gasteiger partial charge >= 0.3 is 19.2 Å². The standard InChI is InChI=1S/C26H22F2NO5P/c1-5-26(16(4)30,35(32)33)25(31)34-24-20(17-11-13-19(27)14-12-17)21(28)23(29-22(24)15(2)3)18-9-7-6-8-10-18/h1,6-16,30H,2-4H3/p+1. The molecule has 3 rings (SSSR count). The molecule has 0 saturated heterocycles. The van der Waals surface area contributed by atoms with Crippen LogP contribution in [0.4, 0.5) is 8.78 Å². The molecule has 0 saturated carbocycles. The minimum Gasteiger partial charge on any atom is -0.419 e. The molecular formula is C26H23F2NO5P+. The molecule has 180 valence electrons. The van der Waals surface area contributed by atoms with Crippen molar-refractivity contribution in [2.24, 2.45) is 0 Å². The Balaban J connectivity index is 2.36. The van der Waals surface area contributed by atoms with E-state index >= 15 is 4.39 Å². The number of carbonyl (C=O) groups excluding carboxylic acids is 1. The van der Waals surface area contributed by atoms with E-state index in [1.165, 1.54) is 12.1 Å². The topological polar surface area (TPSA) is 96.7 Å². The maximum Gasteiger partial charge on any atom is 0.540 e. The number of aliphatic hydroxyl groups excluding tert-OH is 1. The number of benzene rings is 2. The van der Waals surface area contributed by atoms with Gasteiger partial charge < -0.3 is 9.84 Å². The highest BCUT2D eigenvalue weighted by atomic mass is 31.1. The Bertz CT molecular complexity index is 1300. The molecule has 0 aliphatic carbocycles. The number of esters is 1. The molecule has 0 fully saturated rings. The van der Waals surface area contributed by atoms with Gasteiger partial charge in [-0.05, 0) is 41.0 Å². The fourth-order valence-electron chi connectivity index (χ4n) is 3.54. The van der Waals surface area contributed by atoms with Gasteiger partial charge in [-0.1, -0.05) is 56.3 Å². The Morgan fingerprint density at radius 1 is 1.09 bits per heavy atom. The van der Waals surface area contributed by atoms with Crippen LogP contribution in [0.3, 0.4) is 0 Å². The Hall–Kier alpha value is -3.50. The van der Waals surface area contributed by atoms with Crippen molar-refractivity contribution < 1.29 is 32.9 Å². The predicted octanol–water partition coefficient (Wildman–Crippen LogP) is 5.21. The van der Waals surface area contributed by atoms with Crippen molar-refractivity contribution in [2.45, 2.75) is 37.9 Å². The lowest BCUT2D eigenvalue weighted by molar-refractivity contribution is -0.138. The fourth-order valence-corrected chi connectivity index (χ4v) is 4.17. The second-order valence-corrected chi connectivity index (χ2v) is 9.39. The molecule has 2 aromatic carbocycles. The van der Waals surface area contributed by atoms with Gasteiger partial charge in [0.25, 0.3) is 0 Å². The summed E-state index contributed by atoms with van der Waals surface area (Å²) in [5, 5.41) is 7.51. The number of aromatic nitrogens is 1. The first-order valence-electron chi connectivity index (χ1n) is 10.6. The van der Waals surface area contributed by atoms with Crippen molar-refractivity contribution in [2.75, 3.05) is 0 Å². The maximum atomic E-state index is 16.1. The molecule has 35 heavy (non-hydrogen) atoms. The molecule has 0 aliphatic heterocycles. The highest BCUT2D eigenvalue weighted by molar-refractivity contribution is 7.42. The van der Waals surface area contributed by atoms with Gasteiger partial charge in [0.15, 0.2) is 11.6 Å². The second kappa shape index (κ2) is 10.4. The van der Waals surface area contributed by atoms with Gasteiger partial charge in [0.1, 0.15) is 17.6 Å². The van der Waals surface area contributed by atoms with Gasteiger partial charge in [-0.2, -0.15) is 4.89 Å². The molecule has 3 atom stereocenters. The summed E-state index contributed by atoms with van der Waals surface area (Å²) >= 11 is 0. The van der Waals surface area contributed by atoms with Crippen LogP contribution in [0.25, 0.3) is 22.4 Å². The van der Waals surface area contributed by atoms with Gasteiger partial charge in [0.05, 0.1) is 11.3 Å². The van der Waals surface area contributed by atoms with Crippen LogP contribution in [0.15, 0.2) is 54.6 Å². The molecule has 0 aliphatic rings. The fraction of sp³-hybridized carbons (Fsp3) is 0.231. The van der Waals surface area contributed by atoms with Crippen LogP contribution in [0, 0.1) is 24.0 Å². The third kappa shape index (κ3) is 4.85. The molecular weight excluding hydrogens is 475 g/mol. The molecule has 3 unspecified atom stereocenters. The van der Waals surface area contributed by atoms with E-state index in [1.54, 1.807) is 44.2 Å². The van der Waals surface area contributed by atoms with E-state index in [1.807, 2.05) is 5.92 Å². The van der Waals surface area contributed by atoms with Gasteiger partial charge in [-0.3, -0.25) is 0 Å². The number of rotatable bonds is 7. The maximum absolute atomic E-state index is 16.1. The SMILES string of the molecule is C#CC(C(=O)Oc1c(C(C)C)nc(-c2ccccc2)c(F)c1-c1ccc(F)cc1)(C(C)O)[P+](=O)O. The first kappa shape index (κ1) is 26.1. The van der Waals surface area contributed by atoms with Crippen molar-refractivity contribution in [3.05, 3.63) is 71.9 Å². The largest absolute Gasteiger partial charge is 0.540 e. The lowest BCUT2D eigenvalue weighted by Crippen LogP contribution is -2.46. The van der Waals surface area contributed by atoms with Gasteiger partial charge in [-0.25, -0.2) is 18.6 Å². The van der Waals surface area contributed by atoms with Crippen LogP contribution in [0.1, 0.15) is 32.4 Å². The number of halogens is 2. The summed E-state index contributed by atoms with van der Waals surface area (Å²) in [7, 11) is -3.44. The summed E-state index contributed by atoms with van der Waals surface area (Å²) < 4.78 is 47.2.